The number of ether oxygens (including phenoxy) is 3. The van der Waals surface area contributed by atoms with Gasteiger partial charge in [-0.15, -0.1) is 0 Å². The van der Waals surface area contributed by atoms with E-state index < -0.39 is 0 Å². The molecule has 0 saturated carbocycles. The molecule has 0 fully saturated rings. The molecule has 0 spiro atoms. The third-order valence-corrected chi connectivity index (χ3v) is 4.42. The highest BCUT2D eigenvalue weighted by Gasteiger charge is 2.13. The van der Waals surface area contributed by atoms with Gasteiger partial charge in [0.25, 0.3) is 5.91 Å². The number of carbonyl (C=O) groups is 2. The van der Waals surface area contributed by atoms with E-state index in [2.05, 4.69) is 10.4 Å². The van der Waals surface area contributed by atoms with E-state index in [9.17, 15) is 9.59 Å². The second kappa shape index (κ2) is 9.60. The highest BCUT2D eigenvalue weighted by molar-refractivity contribution is 5.94. The van der Waals surface area contributed by atoms with Crippen molar-refractivity contribution < 1.29 is 23.8 Å². The number of nitrogens with zero attached hydrogens (tertiary/aromatic N) is 2. The van der Waals surface area contributed by atoms with E-state index in [1.807, 2.05) is 18.2 Å². The van der Waals surface area contributed by atoms with Gasteiger partial charge in [0.2, 0.25) is 0 Å². The Morgan fingerprint density at radius 1 is 1.03 bits per heavy atom. The van der Waals surface area contributed by atoms with E-state index in [1.165, 1.54) is 6.92 Å². The predicted molar refractivity (Wildman–Crippen MR) is 111 cm³/mol. The average molecular weight is 409 g/mol. The van der Waals surface area contributed by atoms with Gasteiger partial charge in [0.1, 0.15) is 11.6 Å². The molecule has 1 heterocycles. The van der Waals surface area contributed by atoms with Crippen molar-refractivity contribution in [3.8, 4) is 17.2 Å². The summed E-state index contributed by atoms with van der Waals surface area (Å²) in [7, 11) is 3.16. The highest BCUT2D eigenvalue weighted by atomic mass is 16.5. The lowest BCUT2D eigenvalue weighted by molar-refractivity contribution is -0.118. The molecular weight excluding hydrogens is 386 g/mol. The summed E-state index contributed by atoms with van der Waals surface area (Å²) in [5.41, 5.74) is 1.45. The van der Waals surface area contributed by atoms with E-state index >= 15 is 0 Å². The summed E-state index contributed by atoms with van der Waals surface area (Å²) < 4.78 is 17.9. The van der Waals surface area contributed by atoms with Crippen LogP contribution in [0.15, 0.2) is 54.7 Å². The standard InChI is InChI=1S/C22H23N3O5/c1-15(26)16-7-9-18(10-8-16)30-14-21(27)24-20-11-12-23-25(20)13-17-5-4-6-19(28-2)22(17)29-3/h4-12H,13-14H2,1-3H3,(H,24,27). The van der Waals surface area contributed by atoms with Crippen molar-refractivity contribution in [1.82, 2.24) is 9.78 Å². The second-order valence-electron chi connectivity index (χ2n) is 6.44. The minimum absolute atomic E-state index is 0.0276. The smallest absolute Gasteiger partial charge is 0.263 e. The zero-order chi connectivity index (χ0) is 21.5. The van der Waals surface area contributed by atoms with Crippen LogP contribution < -0.4 is 19.5 Å². The maximum atomic E-state index is 12.3. The van der Waals surface area contributed by atoms with Gasteiger partial charge >= 0.3 is 0 Å². The first kappa shape index (κ1) is 20.9. The highest BCUT2D eigenvalue weighted by Crippen LogP contribution is 2.31. The van der Waals surface area contributed by atoms with E-state index in [1.54, 1.807) is 55.4 Å². The van der Waals surface area contributed by atoms with Crippen LogP contribution in [0.3, 0.4) is 0 Å². The number of benzene rings is 2. The van der Waals surface area contributed by atoms with Crippen LogP contribution in [-0.4, -0.2) is 42.3 Å². The molecule has 3 rings (SSSR count). The molecule has 8 heteroatoms. The Hall–Kier alpha value is -3.81. The number of methoxy groups -OCH3 is 2. The molecule has 0 aliphatic carbocycles. The third-order valence-electron chi connectivity index (χ3n) is 4.42. The van der Waals surface area contributed by atoms with Gasteiger partial charge < -0.3 is 19.5 Å². The molecule has 0 bridgehead atoms. The fourth-order valence-corrected chi connectivity index (χ4v) is 2.92. The van der Waals surface area contributed by atoms with Gasteiger partial charge in [-0.2, -0.15) is 5.10 Å². The van der Waals surface area contributed by atoms with Gasteiger partial charge in [0.15, 0.2) is 23.9 Å². The van der Waals surface area contributed by atoms with E-state index in [0.29, 0.717) is 35.2 Å². The van der Waals surface area contributed by atoms with Gasteiger partial charge in [0.05, 0.1) is 27.0 Å². The molecule has 0 aliphatic heterocycles. The van der Waals surface area contributed by atoms with Crippen molar-refractivity contribution in [3.05, 3.63) is 65.9 Å². The normalized spacial score (nSPS) is 10.4. The summed E-state index contributed by atoms with van der Waals surface area (Å²) in [6, 6.07) is 13.9. The molecular formula is C22H23N3O5. The Morgan fingerprint density at radius 2 is 1.80 bits per heavy atom. The zero-order valence-electron chi connectivity index (χ0n) is 17.0. The van der Waals surface area contributed by atoms with E-state index in [0.717, 1.165) is 5.56 Å². The Balaban J connectivity index is 1.63. The molecule has 0 saturated heterocycles. The number of rotatable bonds is 9. The molecule has 0 atom stereocenters. The van der Waals surface area contributed by atoms with E-state index in [-0.39, 0.29) is 18.3 Å². The Bertz CT molecular complexity index is 1030. The molecule has 8 nitrogen and oxygen atoms in total. The molecule has 1 aromatic heterocycles. The lowest BCUT2D eigenvalue weighted by Gasteiger charge is -2.14. The van der Waals surface area contributed by atoms with Gasteiger partial charge in [-0.05, 0) is 37.3 Å². The maximum absolute atomic E-state index is 12.3. The van der Waals surface area contributed by atoms with Gasteiger partial charge in [0, 0.05) is 17.2 Å². The Kier molecular flexibility index (Phi) is 6.69. The zero-order valence-corrected chi connectivity index (χ0v) is 17.0. The minimum atomic E-state index is -0.329. The van der Waals surface area contributed by atoms with Crippen LogP contribution >= 0.6 is 0 Å². The van der Waals surface area contributed by atoms with Crippen molar-refractivity contribution in [1.29, 1.82) is 0 Å². The summed E-state index contributed by atoms with van der Waals surface area (Å²) in [5, 5.41) is 7.06. The van der Waals surface area contributed by atoms with Crippen LogP contribution in [0.4, 0.5) is 5.82 Å². The number of carbonyl (C=O) groups excluding carboxylic acids is 2. The number of ketones is 1. The molecule has 2 aromatic carbocycles. The maximum Gasteiger partial charge on any atom is 0.263 e. The first-order chi connectivity index (χ1) is 14.5. The number of amides is 1. The number of aromatic nitrogens is 2. The van der Waals surface area contributed by atoms with Crippen LogP contribution in [0.5, 0.6) is 17.2 Å². The first-order valence-corrected chi connectivity index (χ1v) is 9.27. The summed E-state index contributed by atoms with van der Waals surface area (Å²) in [4.78, 5) is 23.6. The summed E-state index contributed by atoms with van der Waals surface area (Å²) in [5.74, 6) is 1.91. The number of anilines is 1. The quantitative estimate of drug-likeness (QED) is 0.546. The Labute approximate surface area is 174 Å². The number of hydrogen-bond acceptors (Lipinski definition) is 6. The van der Waals surface area contributed by atoms with Crippen LogP contribution in [0.2, 0.25) is 0 Å². The lowest BCUT2D eigenvalue weighted by Crippen LogP contribution is -2.22. The fraction of sp³-hybridized carbons (Fsp3) is 0.227. The lowest BCUT2D eigenvalue weighted by atomic mass is 10.1. The molecule has 1 N–H and O–H groups in total. The van der Waals surface area contributed by atoms with Crippen molar-refractivity contribution in [2.75, 3.05) is 26.1 Å². The second-order valence-corrected chi connectivity index (χ2v) is 6.44. The number of hydrogen-bond donors (Lipinski definition) is 1. The number of nitrogens with one attached hydrogen (secondary N) is 1. The number of Topliss-reactive ketones (excluding diaryl/α,β-unsaturated/α-hetero) is 1. The average Bonchev–Trinajstić information content (AvgIpc) is 3.18. The summed E-state index contributed by atoms with van der Waals surface area (Å²) in [6.07, 6.45) is 1.60. The van der Waals surface area contributed by atoms with Crippen molar-refractivity contribution in [2.24, 2.45) is 0 Å². The summed E-state index contributed by atoms with van der Waals surface area (Å²) in [6.45, 7) is 1.71. The number of para-hydroxylation sites is 1. The molecule has 1 amide bonds. The first-order valence-electron chi connectivity index (χ1n) is 9.27. The van der Waals surface area contributed by atoms with Crippen LogP contribution in [0, 0.1) is 0 Å². The monoisotopic (exact) mass is 409 g/mol. The SMILES string of the molecule is COc1cccc(Cn2nccc2NC(=O)COc2ccc(C(C)=O)cc2)c1OC. The van der Waals surface area contributed by atoms with Crippen molar-refractivity contribution in [2.45, 2.75) is 13.5 Å². The third kappa shape index (κ3) is 4.96. The molecule has 3 aromatic rings. The molecule has 0 radical (unpaired) electrons. The topological polar surface area (TPSA) is 91.7 Å². The largest absolute Gasteiger partial charge is 0.493 e. The minimum Gasteiger partial charge on any atom is -0.493 e. The van der Waals surface area contributed by atoms with Crippen molar-refractivity contribution in [3.63, 3.8) is 0 Å². The van der Waals surface area contributed by atoms with Crippen LogP contribution in [-0.2, 0) is 11.3 Å². The van der Waals surface area contributed by atoms with E-state index in [4.69, 9.17) is 14.2 Å². The molecule has 156 valence electrons. The van der Waals surface area contributed by atoms with Crippen LogP contribution in [0.1, 0.15) is 22.8 Å². The van der Waals surface area contributed by atoms with Crippen LogP contribution in [0.25, 0.3) is 0 Å². The predicted octanol–water partition coefficient (Wildman–Crippen LogP) is 3.17. The van der Waals surface area contributed by atoms with Gasteiger partial charge in [-0.1, -0.05) is 12.1 Å². The molecule has 0 aliphatic rings. The summed E-state index contributed by atoms with van der Waals surface area (Å²) >= 11 is 0. The molecule has 30 heavy (non-hydrogen) atoms. The molecule has 0 unspecified atom stereocenters. The fourth-order valence-electron chi connectivity index (χ4n) is 2.92. The van der Waals surface area contributed by atoms with Gasteiger partial charge in [-0.25, -0.2) is 4.68 Å². The Morgan fingerprint density at radius 3 is 2.47 bits per heavy atom. The van der Waals surface area contributed by atoms with Crippen molar-refractivity contribution >= 4 is 17.5 Å². The van der Waals surface area contributed by atoms with Gasteiger partial charge in [-0.3, -0.25) is 9.59 Å².